The van der Waals surface area contributed by atoms with Gasteiger partial charge < -0.3 is 4.74 Å². The lowest BCUT2D eigenvalue weighted by atomic mass is 9.74. The third-order valence-electron chi connectivity index (χ3n) is 3.61. The fourth-order valence-electron chi connectivity index (χ4n) is 2.59. The monoisotopic (exact) mass is 236 g/mol. The quantitative estimate of drug-likeness (QED) is 0.683. The van der Waals surface area contributed by atoms with Gasteiger partial charge in [0.15, 0.2) is 0 Å². The first-order chi connectivity index (χ1) is 6.76. The Morgan fingerprint density at radius 3 is 2.43 bits per heavy atom. The molecule has 1 saturated heterocycles. The van der Waals surface area contributed by atoms with Crippen LogP contribution in [0.15, 0.2) is 0 Å². The molecule has 0 aromatic heterocycles. The first-order valence-corrected chi connectivity index (χ1v) is 6.51. The zero-order valence-corrected chi connectivity index (χ0v) is 9.99. The van der Waals surface area contributed by atoms with Crippen molar-refractivity contribution in [1.29, 1.82) is 0 Å². The van der Waals surface area contributed by atoms with Crippen LogP contribution in [-0.4, -0.2) is 24.5 Å². The Balaban J connectivity index is 1.88. The van der Waals surface area contributed by atoms with Gasteiger partial charge >= 0.3 is 0 Å². The van der Waals surface area contributed by atoms with Gasteiger partial charge in [-0.1, -0.05) is 12.8 Å². The van der Waals surface area contributed by atoms with Crippen molar-refractivity contribution >= 4 is 23.2 Å². The summed E-state index contributed by atoms with van der Waals surface area (Å²) in [6.07, 6.45) is 6.28. The van der Waals surface area contributed by atoms with Crippen LogP contribution in [0.3, 0.4) is 0 Å². The van der Waals surface area contributed by atoms with Crippen LogP contribution in [0, 0.1) is 11.3 Å². The number of halogens is 2. The van der Waals surface area contributed by atoms with E-state index < -0.39 is 0 Å². The second-order valence-corrected chi connectivity index (χ2v) is 5.72. The molecule has 1 aliphatic heterocycles. The molecule has 0 bridgehead atoms. The van der Waals surface area contributed by atoms with E-state index in [0.717, 1.165) is 19.1 Å². The van der Waals surface area contributed by atoms with Crippen LogP contribution in [0.5, 0.6) is 0 Å². The molecule has 2 atom stereocenters. The van der Waals surface area contributed by atoms with E-state index in [1.165, 1.54) is 32.1 Å². The van der Waals surface area contributed by atoms with Gasteiger partial charge in [-0.05, 0) is 25.2 Å². The highest BCUT2D eigenvalue weighted by molar-refractivity contribution is 6.20. The summed E-state index contributed by atoms with van der Waals surface area (Å²) < 4.78 is 5.28. The van der Waals surface area contributed by atoms with E-state index in [0.29, 0.717) is 11.3 Å². The van der Waals surface area contributed by atoms with Crippen molar-refractivity contribution in [2.24, 2.45) is 11.3 Å². The van der Waals surface area contributed by atoms with E-state index in [9.17, 15) is 0 Å². The smallest absolute Gasteiger partial charge is 0.0556 e. The maximum atomic E-state index is 6.34. The van der Waals surface area contributed by atoms with E-state index in [4.69, 9.17) is 27.9 Å². The van der Waals surface area contributed by atoms with E-state index in [1.807, 2.05) is 0 Å². The molecule has 0 aromatic carbocycles. The number of hydrogen-bond acceptors (Lipinski definition) is 1. The van der Waals surface area contributed by atoms with E-state index >= 15 is 0 Å². The van der Waals surface area contributed by atoms with Gasteiger partial charge in [0.2, 0.25) is 0 Å². The molecule has 0 radical (unpaired) electrons. The van der Waals surface area contributed by atoms with Crippen molar-refractivity contribution in [1.82, 2.24) is 0 Å². The average Bonchev–Trinajstić information content (AvgIpc) is 2.14. The Labute approximate surface area is 96.1 Å². The molecule has 1 aliphatic carbocycles. The van der Waals surface area contributed by atoms with Gasteiger partial charge in [0.25, 0.3) is 0 Å². The number of hydrogen-bond donors (Lipinski definition) is 0. The average molecular weight is 237 g/mol. The summed E-state index contributed by atoms with van der Waals surface area (Å²) in [5, 5.41) is 0.379. The predicted octanol–water partition coefficient (Wildman–Crippen LogP) is 3.43. The minimum atomic E-state index is 0.261. The van der Waals surface area contributed by atoms with Gasteiger partial charge in [-0.15, -0.1) is 23.2 Å². The molecule has 82 valence electrons. The molecular formula is C11H18Cl2O. The van der Waals surface area contributed by atoms with E-state index in [2.05, 4.69) is 0 Å². The molecule has 1 heterocycles. The van der Waals surface area contributed by atoms with Crippen molar-refractivity contribution in [2.45, 2.75) is 37.5 Å². The van der Waals surface area contributed by atoms with Crippen LogP contribution in [0.4, 0.5) is 0 Å². The van der Waals surface area contributed by atoms with E-state index in [1.54, 1.807) is 0 Å². The Kier molecular flexibility index (Phi) is 3.62. The summed E-state index contributed by atoms with van der Waals surface area (Å²) in [5.41, 5.74) is 0.261. The van der Waals surface area contributed by atoms with Crippen molar-refractivity contribution in [2.75, 3.05) is 19.1 Å². The van der Waals surface area contributed by atoms with Crippen molar-refractivity contribution in [3.05, 3.63) is 0 Å². The summed E-state index contributed by atoms with van der Waals surface area (Å²) in [6, 6.07) is 0. The molecule has 2 rings (SSSR count). The van der Waals surface area contributed by atoms with Crippen LogP contribution < -0.4 is 0 Å². The normalized spacial score (nSPS) is 36.4. The summed E-state index contributed by atoms with van der Waals surface area (Å²) in [4.78, 5) is 0. The second kappa shape index (κ2) is 4.59. The summed E-state index contributed by atoms with van der Waals surface area (Å²) in [7, 11) is 0. The second-order valence-electron chi connectivity index (χ2n) is 4.89. The van der Waals surface area contributed by atoms with Crippen LogP contribution in [0.25, 0.3) is 0 Å². The Morgan fingerprint density at radius 1 is 1.21 bits per heavy atom. The highest BCUT2D eigenvalue weighted by Gasteiger charge is 2.41. The third-order valence-corrected chi connectivity index (χ3v) is 4.75. The molecular weight excluding hydrogens is 219 g/mol. The molecule has 2 fully saturated rings. The van der Waals surface area contributed by atoms with Crippen LogP contribution >= 0.6 is 23.2 Å². The zero-order chi connectivity index (χ0) is 10.0. The van der Waals surface area contributed by atoms with Gasteiger partial charge in [-0.3, -0.25) is 0 Å². The van der Waals surface area contributed by atoms with Crippen molar-refractivity contribution in [3.8, 4) is 0 Å². The molecule has 2 aliphatic rings. The SMILES string of the molecule is ClCC1(CC2CCCCC2Cl)COC1. The van der Waals surface area contributed by atoms with Crippen molar-refractivity contribution < 1.29 is 4.74 Å². The van der Waals surface area contributed by atoms with Crippen LogP contribution in [-0.2, 0) is 4.74 Å². The molecule has 0 aromatic rings. The fourth-order valence-corrected chi connectivity index (χ4v) is 3.22. The third kappa shape index (κ3) is 2.20. The lowest BCUT2D eigenvalue weighted by Gasteiger charge is -2.44. The minimum absolute atomic E-state index is 0.261. The molecule has 0 N–H and O–H groups in total. The maximum absolute atomic E-state index is 6.34. The first kappa shape index (κ1) is 11.0. The van der Waals surface area contributed by atoms with Crippen LogP contribution in [0.1, 0.15) is 32.1 Å². The molecule has 1 saturated carbocycles. The van der Waals surface area contributed by atoms with Gasteiger partial charge in [0.05, 0.1) is 13.2 Å². The number of rotatable bonds is 3. The molecule has 0 spiro atoms. The van der Waals surface area contributed by atoms with Gasteiger partial charge in [-0.2, -0.15) is 0 Å². The molecule has 3 heteroatoms. The number of alkyl halides is 2. The first-order valence-electron chi connectivity index (χ1n) is 5.54. The highest BCUT2D eigenvalue weighted by Crippen LogP contribution is 2.41. The Hall–Kier alpha value is 0.540. The summed E-state index contributed by atoms with van der Waals surface area (Å²) in [6.45, 7) is 1.69. The number of ether oxygens (including phenoxy) is 1. The van der Waals surface area contributed by atoms with Gasteiger partial charge in [0.1, 0.15) is 0 Å². The topological polar surface area (TPSA) is 9.23 Å². The minimum Gasteiger partial charge on any atom is -0.380 e. The maximum Gasteiger partial charge on any atom is 0.0556 e. The molecule has 2 unspecified atom stereocenters. The standard InChI is InChI=1S/C11H18Cl2O/c12-6-11(7-14-8-11)5-9-3-1-2-4-10(9)13/h9-10H,1-8H2. The van der Waals surface area contributed by atoms with Crippen LogP contribution in [0.2, 0.25) is 0 Å². The molecule has 14 heavy (non-hydrogen) atoms. The van der Waals surface area contributed by atoms with Gasteiger partial charge in [0, 0.05) is 16.7 Å². The lowest BCUT2D eigenvalue weighted by molar-refractivity contribution is -0.112. The van der Waals surface area contributed by atoms with Gasteiger partial charge in [-0.25, -0.2) is 0 Å². The summed E-state index contributed by atoms with van der Waals surface area (Å²) >= 11 is 12.3. The Morgan fingerprint density at radius 2 is 1.93 bits per heavy atom. The highest BCUT2D eigenvalue weighted by atomic mass is 35.5. The molecule has 0 amide bonds. The zero-order valence-electron chi connectivity index (χ0n) is 8.48. The predicted molar refractivity (Wildman–Crippen MR) is 60.2 cm³/mol. The Bertz CT molecular complexity index is 186. The molecule has 1 nitrogen and oxygen atoms in total. The van der Waals surface area contributed by atoms with Crippen molar-refractivity contribution in [3.63, 3.8) is 0 Å². The lowest BCUT2D eigenvalue weighted by Crippen LogP contribution is -2.46. The summed E-state index contributed by atoms with van der Waals surface area (Å²) in [5.74, 6) is 1.40. The van der Waals surface area contributed by atoms with E-state index in [-0.39, 0.29) is 5.41 Å². The largest absolute Gasteiger partial charge is 0.380 e. The fraction of sp³-hybridized carbons (Fsp3) is 1.00.